The van der Waals surface area contributed by atoms with Crippen molar-refractivity contribution in [2.75, 3.05) is 13.2 Å². The number of allylic oxidation sites excluding steroid dienone is 1. The summed E-state index contributed by atoms with van der Waals surface area (Å²) in [5, 5.41) is 3.38. The first-order valence-electron chi connectivity index (χ1n) is 5.21. The van der Waals surface area contributed by atoms with Gasteiger partial charge in [0.05, 0.1) is 6.10 Å². The molecule has 2 rings (SSSR count). The second-order valence-electron chi connectivity index (χ2n) is 3.85. The summed E-state index contributed by atoms with van der Waals surface area (Å²) in [5.41, 5.74) is 2.26. The van der Waals surface area contributed by atoms with Crippen molar-refractivity contribution in [3.8, 4) is 0 Å². The molecule has 1 fully saturated rings. The molecule has 0 aromatic carbocycles. The van der Waals surface area contributed by atoms with Crippen molar-refractivity contribution in [3.05, 3.63) is 36.6 Å². The molecule has 0 saturated carbocycles. The van der Waals surface area contributed by atoms with Gasteiger partial charge in [0.15, 0.2) is 0 Å². The monoisotopic (exact) mass is 191 g/mol. The SMILES string of the molecule is C=CC1=C(C=C)C2OCCCC2CN1. The fourth-order valence-electron chi connectivity index (χ4n) is 2.31. The highest BCUT2D eigenvalue weighted by atomic mass is 16.5. The van der Waals surface area contributed by atoms with Crippen molar-refractivity contribution in [3.63, 3.8) is 0 Å². The Kier molecular flexibility index (Phi) is 2.73. The van der Waals surface area contributed by atoms with E-state index in [4.69, 9.17) is 4.74 Å². The zero-order chi connectivity index (χ0) is 9.97. The Morgan fingerprint density at radius 3 is 2.93 bits per heavy atom. The molecule has 0 aliphatic carbocycles. The predicted octanol–water partition coefficient (Wildman–Crippen LogP) is 2.01. The van der Waals surface area contributed by atoms with E-state index in [-0.39, 0.29) is 6.10 Å². The average Bonchev–Trinajstić information content (AvgIpc) is 2.27. The Bertz CT molecular complexity index is 280. The van der Waals surface area contributed by atoms with Crippen LogP contribution in [0.25, 0.3) is 0 Å². The highest BCUT2D eigenvalue weighted by Gasteiger charge is 2.32. The molecule has 2 nitrogen and oxygen atoms in total. The van der Waals surface area contributed by atoms with Gasteiger partial charge in [-0.1, -0.05) is 19.2 Å². The minimum absolute atomic E-state index is 0.246. The maximum atomic E-state index is 5.80. The van der Waals surface area contributed by atoms with Gasteiger partial charge in [-0.15, -0.1) is 0 Å². The number of nitrogens with one attached hydrogen (secondary N) is 1. The van der Waals surface area contributed by atoms with Gasteiger partial charge < -0.3 is 10.1 Å². The highest BCUT2D eigenvalue weighted by Crippen LogP contribution is 2.31. The van der Waals surface area contributed by atoms with Gasteiger partial charge in [-0.2, -0.15) is 0 Å². The molecule has 1 N–H and O–H groups in total. The average molecular weight is 191 g/mol. The van der Waals surface area contributed by atoms with Crippen LogP contribution in [0.2, 0.25) is 0 Å². The maximum Gasteiger partial charge on any atom is 0.0889 e. The molecule has 2 unspecified atom stereocenters. The third kappa shape index (κ3) is 1.50. The van der Waals surface area contributed by atoms with Crippen LogP contribution < -0.4 is 5.32 Å². The summed E-state index contributed by atoms with van der Waals surface area (Å²) < 4.78 is 5.80. The van der Waals surface area contributed by atoms with E-state index in [2.05, 4.69) is 18.5 Å². The van der Waals surface area contributed by atoms with Crippen molar-refractivity contribution in [2.24, 2.45) is 5.92 Å². The molecule has 0 radical (unpaired) electrons. The minimum Gasteiger partial charge on any atom is -0.384 e. The van der Waals surface area contributed by atoms with E-state index >= 15 is 0 Å². The lowest BCUT2D eigenvalue weighted by Gasteiger charge is -2.37. The predicted molar refractivity (Wildman–Crippen MR) is 57.9 cm³/mol. The molecule has 2 aliphatic heterocycles. The van der Waals surface area contributed by atoms with Crippen molar-refractivity contribution in [1.29, 1.82) is 0 Å². The molecular formula is C12H17NO. The quantitative estimate of drug-likeness (QED) is 0.721. The molecule has 2 atom stereocenters. The van der Waals surface area contributed by atoms with Crippen LogP contribution >= 0.6 is 0 Å². The molecule has 76 valence electrons. The maximum absolute atomic E-state index is 5.80. The second-order valence-corrected chi connectivity index (χ2v) is 3.85. The molecule has 0 amide bonds. The fourth-order valence-corrected chi connectivity index (χ4v) is 2.31. The Morgan fingerprint density at radius 1 is 1.36 bits per heavy atom. The van der Waals surface area contributed by atoms with Crippen molar-refractivity contribution in [1.82, 2.24) is 5.32 Å². The third-order valence-corrected chi connectivity index (χ3v) is 3.04. The van der Waals surface area contributed by atoms with Gasteiger partial charge in [0.2, 0.25) is 0 Å². The Hall–Kier alpha value is -1.02. The molecule has 0 spiro atoms. The molecule has 2 heteroatoms. The smallest absolute Gasteiger partial charge is 0.0889 e. The van der Waals surface area contributed by atoms with E-state index in [1.165, 1.54) is 18.4 Å². The van der Waals surface area contributed by atoms with Crippen LogP contribution in [0.1, 0.15) is 12.8 Å². The lowest BCUT2D eigenvalue weighted by Crippen LogP contribution is -2.42. The Balaban J connectivity index is 2.28. The summed E-state index contributed by atoms with van der Waals surface area (Å²) in [6, 6.07) is 0. The van der Waals surface area contributed by atoms with Gasteiger partial charge >= 0.3 is 0 Å². The normalized spacial score (nSPS) is 31.7. The molecular weight excluding hydrogens is 174 g/mol. The van der Waals surface area contributed by atoms with Crippen LogP contribution in [0, 0.1) is 5.92 Å². The standard InChI is InChI=1S/C12H17NO/c1-3-10-11(4-2)13-8-9-6-5-7-14-12(9)10/h3-4,9,12-13H,1-2,5-8H2. The van der Waals surface area contributed by atoms with Crippen LogP contribution in [0.5, 0.6) is 0 Å². The van der Waals surface area contributed by atoms with E-state index in [0.29, 0.717) is 5.92 Å². The molecule has 0 aromatic heterocycles. The van der Waals surface area contributed by atoms with Crippen molar-refractivity contribution >= 4 is 0 Å². The van der Waals surface area contributed by atoms with Gasteiger partial charge in [-0.05, 0) is 18.9 Å². The largest absolute Gasteiger partial charge is 0.384 e. The van der Waals surface area contributed by atoms with Gasteiger partial charge in [0.25, 0.3) is 0 Å². The van der Waals surface area contributed by atoms with Crippen molar-refractivity contribution < 1.29 is 4.74 Å². The fraction of sp³-hybridized carbons (Fsp3) is 0.500. The summed E-state index contributed by atoms with van der Waals surface area (Å²) in [6.45, 7) is 9.53. The number of hydrogen-bond donors (Lipinski definition) is 1. The Labute approximate surface area is 85.3 Å². The van der Waals surface area contributed by atoms with E-state index in [1.54, 1.807) is 0 Å². The number of ether oxygens (including phenoxy) is 1. The first-order chi connectivity index (χ1) is 6.86. The summed E-state index contributed by atoms with van der Waals surface area (Å²) in [6.07, 6.45) is 6.42. The molecule has 2 heterocycles. The lowest BCUT2D eigenvalue weighted by molar-refractivity contribution is -0.00532. The summed E-state index contributed by atoms with van der Waals surface area (Å²) in [5.74, 6) is 0.612. The van der Waals surface area contributed by atoms with Crippen molar-refractivity contribution in [2.45, 2.75) is 18.9 Å². The molecule has 2 aliphatic rings. The number of rotatable bonds is 2. The first kappa shape index (κ1) is 9.53. The van der Waals surface area contributed by atoms with Crippen LogP contribution in [-0.4, -0.2) is 19.3 Å². The van der Waals surface area contributed by atoms with E-state index in [0.717, 1.165) is 18.8 Å². The second kappa shape index (κ2) is 4.01. The topological polar surface area (TPSA) is 21.3 Å². The summed E-state index contributed by atoms with van der Waals surface area (Å²) in [4.78, 5) is 0. The Morgan fingerprint density at radius 2 is 2.21 bits per heavy atom. The van der Waals surface area contributed by atoms with Gasteiger partial charge in [-0.3, -0.25) is 0 Å². The van der Waals surface area contributed by atoms with E-state index < -0.39 is 0 Å². The lowest BCUT2D eigenvalue weighted by atomic mass is 9.85. The first-order valence-corrected chi connectivity index (χ1v) is 5.21. The van der Waals surface area contributed by atoms with E-state index in [9.17, 15) is 0 Å². The van der Waals surface area contributed by atoms with Crippen LogP contribution in [0.4, 0.5) is 0 Å². The molecule has 0 aromatic rings. The van der Waals surface area contributed by atoms with Gasteiger partial charge in [-0.25, -0.2) is 0 Å². The summed E-state index contributed by atoms with van der Waals surface area (Å²) in [7, 11) is 0. The minimum atomic E-state index is 0.246. The molecule has 0 bridgehead atoms. The zero-order valence-corrected chi connectivity index (χ0v) is 8.46. The van der Waals surface area contributed by atoms with Crippen LogP contribution in [0.15, 0.2) is 36.6 Å². The summed E-state index contributed by atoms with van der Waals surface area (Å²) >= 11 is 0. The number of hydrogen-bond acceptors (Lipinski definition) is 2. The highest BCUT2D eigenvalue weighted by molar-refractivity contribution is 5.36. The molecule has 1 saturated heterocycles. The zero-order valence-electron chi connectivity index (χ0n) is 8.46. The van der Waals surface area contributed by atoms with Gasteiger partial charge in [0, 0.05) is 30.3 Å². The molecule has 14 heavy (non-hydrogen) atoms. The van der Waals surface area contributed by atoms with Gasteiger partial charge in [0.1, 0.15) is 0 Å². The van der Waals surface area contributed by atoms with Crippen LogP contribution in [-0.2, 0) is 4.74 Å². The van der Waals surface area contributed by atoms with E-state index in [1.807, 2.05) is 12.2 Å². The third-order valence-electron chi connectivity index (χ3n) is 3.04. The van der Waals surface area contributed by atoms with Crippen LogP contribution in [0.3, 0.4) is 0 Å². The number of fused-ring (bicyclic) bond motifs is 1.